The van der Waals surface area contributed by atoms with E-state index in [1.807, 2.05) is 83.4 Å². The number of aliphatic hydroxyl groups excluding tert-OH is 1. The first-order valence-corrected chi connectivity index (χ1v) is 46.9. The van der Waals surface area contributed by atoms with Crippen molar-refractivity contribution in [2.75, 3.05) is 68.8 Å². The van der Waals surface area contributed by atoms with Crippen LogP contribution >= 0.6 is 0 Å². The van der Waals surface area contributed by atoms with Gasteiger partial charge < -0.3 is 75.9 Å². The third-order valence-corrected chi connectivity index (χ3v) is 34.7. The molecule has 2 saturated heterocycles. The zero-order valence-corrected chi connectivity index (χ0v) is 79.3. The maximum absolute atomic E-state index is 13.3. The highest BCUT2D eigenvalue weighted by Gasteiger charge is 2.55. The minimum absolute atomic E-state index is 0.00280. The summed E-state index contributed by atoms with van der Waals surface area (Å²) in [5.41, 5.74) is -0.0266. The molecule has 1 N–H and O–H groups in total. The Labute approximate surface area is 725 Å². The van der Waals surface area contributed by atoms with Gasteiger partial charge in [-0.1, -0.05) is 241 Å². The zero-order chi connectivity index (χ0) is 89.4. The maximum Gasteiger partial charge on any atom is 0.340 e. The summed E-state index contributed by atoms with van der Waals surface area (Å²) < 4.78 is 81.7. The molecule has 2 fully saturated rings. The molecular weight excluding hydrogens is 1560 g/mol. The van der Waals surface area contributed by atoms with Crippen molar-refractivity contribution in [1.29, 1.82) is 0 Å². The number of methoxy groups -OCH3 is 2. The van der Waals surface area contributed by atoms with Gasteiger partial charge in [0.15, 0.2) is 6.29 Å². The number of rotatable bonds is 32. The number of carbonyl (C=O) groups is 4. The van der Waals surface area contributed by atoms with Crippen LogP contribution in [0.15, 0.2) is 205 Å². The fourth-order valence-corrected chi connectivity index (χ4v) is 27.4. The summed E-state index contributed by atoms with van der Waals surface area (Å²) >= 11 is 0. The van der Waals surface area contributed by atoms with E-state index in [0.29, 0.717) is 84.8 Å². The van der Waals surface area contributed by atoms with Gasteiger partial charge in [-0.2, -0.15) is 0 Å². The molecular formula is C99H142N2O18Si2. The number of carbonyl (C=O) groups excluding carboxylic acids is 4. The van der Waals surface area contributed by atoms with Crippen molar-refractivity contribution in [3.8, 4) is 0 Å². The van der Waals surface area contributed by atoms with Crippen molar-refractivity contribution in [3.63, 3.8) is 0 Å². The van der Waals surface area contributed by atoms with Gasteiger partial charge >= 0.3 is 23.9 Å². The molecule has 20 nitrogen and oxygen atoms in total. The number of ether oxygens (including phenoxy) is 11. The highest BCUT2D eigenvalue weighted by atomic mass is 28.4. The summed E-state index contributed by atoms with van der Waals surface area (Å²) in [4.78, 5) is 55.1. The first-order valence-electron chi connectivity index (χ1n) is 43.1. The second kappa shape index (κ2) is 42.3. The van der Waals surface area contributed by atoms with E-state index in [1.54, 1.807) is 80.0 Å². The van der Waals surface area contributed by atoms with Gasteiger partial charge in [0.1, 0.15) is 24.7 Å². The van der Waals surface area contributed by atoms with Crippen LogP contribution in [0.25, 0.3) is 0 Å². The molecule has 6 aromatic rings. The molecule has 4 aliphatic rings. The van der Waals surface area contributed by atoms with Gasteiger partial charge in [0.25, 0.3) is 16.6 Å². The number of esters is 4. The first kappa shape index (κ1) is 98.7. The summed E-state index contributed by atoms with van der Waals surface area (Å²) in [5, 5.41) is 16.2. The van der Waals surface area contributed by atoms with Crippen LogP contribution in [0.1, 0.15) is 192 Å². The Balaban J connectivity index is 0.000000254. The summed E-state index contributed by atoms with van der Waals surface area (Å²) in [7, 11) is 6.08. The number of aliphatic hydroxyl groups is 1. The third-order valence-electron chi connectivity index (χ3n) is 24.7. The van der Waals surface area contributed by atoms with Crippen LogP contribution in [0, 0.1) is 35.5 Å². The normalized spacial score (nSPS) is 23.3. The molecule has 0 bridgehead atoms. The van der Waals surface area contributed by atoms with Crippen molar-refractivity contribution in [3.05, 3.63) is 216 Å². The predicted octanol–water partition coefficient (Wildman–Crippen LogP) is 16.3. The van der Waals surface area contributed by atoms with E-state index in [2.05, 4.69) is 216 Å². The standard InChI is InChI=1S/C49H69NO9Si.C33H48O6Si.C17H25NO3/c1-33(31-55-60(47(5,6)7,39-25-19-15-20-26-39)40-27-21-16-22-28-40)30-49(10,53-13)43(35(3)42-36(4)44(51)59-48(8,9)58-42)57-46-34(2)41(50(11)12)29-38(56-46)32-54-45(52)37-23-17-14-18-24-37;1-23(21-33(9,36-10)29(34)24(2)28-25(3)30(35)39-32(7,8)38-28)22-37-40(31(4,5)6,26-17-13-11-14-18-26)27-19-15-12-16-20-27;1-12-13(2)21-15(10-16(12)18(3)4)11-20-17(19)14-8-6-5-7-9-14/h14-28,33-35,38,41,43,46H,29-32H2,1-13H3;11-20,23-24,29,34H,21-22H2,1-10H3;5-9,12-13,15-16H,10-11H2,1-4H3/t33-,34?,35+,38?,41?,43-,46+,49-;23-,24+,29-,33-;12?,13-,15?,16?/m110/s1. The lowest BCUT2D eigenvalue weighted by Gasteiger charge is -2.49. The molecule has 0 saturated carbocycles. The molecule has 4 heterocycles. The van der Waals surface area contributed by atoms with Crippen molar-refractivity contribution in [1.82, 2.24) is 9.80 Å². The van der Waals surface area contributed by atoms with Gasteiger partial charge in [0.05, 0.1) is 64.0 Å². The molecule has 121 heavy (non-hydrogen) atoms. The first-order chi connectivity index (χ1) is 56.8. The Hall–Kier alpha value is -7.69. The molecule has 0 radical (unpaired) electrons. The molecule has 0 spiro atoms. The van der Waals surface area contributed by atoms with Crippen LogP contribution in [-0.4, -0.2) is 196 Å². The van der Waals surface area contributed by atoms with Crippen LogP contribution in [-0.2, 0) is 70.5 Å². The van der Waals surface area contributed by atoms with Crippen LogP contribution in [0.4, 0.5) is 0 Å². The molecule has 0 aliphatic carbocycles. The fraction of sp³-hybridized carbons (Fsp3) is 0.556. The lowest BCUT2D eigenvalue weighted by atomic mass is 9.80. The SMILES string of the molecule is CC1C(N(C)C)CC(COC(=O)c2ccccc2)O[C@H]1C.CO[C@](C)(C[C@@H](C)CO[Si](c1ccccc1)(c1ccccc1)C(C)(C)C)[C@H](O)[C@@H](C)C1=C(C)C(=O)OC(C)(C)O1.CO[C@](C)(C[C@@H](C)CO[Si](c1ccccc1)(c1ccccc1)C(C)(C)C)[C@H](O[C@@H]1OC(COC(=O)c2ccccc2)CC(N(C)C)C1C)[C@@H](C)C1=C(C)C(=O)OC(C)(C)O1. The monoisotopic (exact) mass is 1700 g/mol. The molecule has 0 amide bonds. The van der Waals surface area contributed by atoms with E-state index in [0.717, 1.165) is 6.42 Å². The van der Waals surface area contributed by atoms with E-state index < -0.39 is 93.8 Å². The molecule has 10 rings (SSSR count). The summed E-state index contributed by atoms with van der Waals surface area (Å²) in [6.07, 6.45) is 0.00752. The second-order valence-electron chi connectivity index (χ2n) is 37.7. The second-order valence-corrected chi connectivity index (χ2v) is 46.3. The van der Waals surface area contributed by atoms with Gasteiger partial charge in [-0.05, 0) is 161 Å². The Morgan fingerprint density at radius 3 is 1.14 bits per heavy atom. The molecule has 6 aromatic carbocycles. The zero-order valence-electron chi connectivity index (χ0n) is 77.3. The van der Waals surface area contributed by atoms with Gasteiger partial charge in [0.2, 0.25) is 11.6 Å². The fourth-order valence-electron chi connectivity index (χ4n) is 18.0. The average Bonchev–Trinajstić information content (AvgIpc) is 0.757. The molecule has 0 aromatic heterocycles. The summed E-state index contributed by atoms with van der Waals surface area (Å²) in [5.74, 6) is -3.41. The number of hydrogen-bond acceptors (Lipinski definition) is 20. The number of benzene rings is 6. The smallest absolute Gasteiger partial charge is 0.340 e. The van der Waals surface area contributed by atoms with Crippen molar-refractivity contribution in [2.24, 2.45) is 35.5 Å². The molecule has 16 atom stereocenters. The number of cyclic esters (lactones) is 2. The third kappa shape index (κ3) is 24.5. The van der Waals surface area contributed by atoms with Crippen LogP contribution < -0.4 is 20.7 Å². The Morgan fingerprint density at radius 1 is 0.479 bits per heavy atom. The van der Waals surface area contributed by atoms with E-state index in [-0.39, 0.29) is 58.7 Å². The number of nitrogens with zero attached hydrogens (tertiary/aromatic N) is 2. The summed E-state index contributed by atoms with van der Waals surface area (Å²) in [6.45, 7) is 43.8. The molecule has 4 aliphatic heterocycles. The van der Waals surface area contributed by atoms with Crippen molar-refractivity contribution >= 4 is 61.3 Å². The maximum atomic E-state index is 13.3. The lowest BCUT2D eigenvalue weighted by molar-refractivity contribution is -0.290. The number of hydrogen-bond donors (Lipinski definition) is 1. The Bertz CT molecular complexity index is 4250. The minimum Gasteiger partial charge on any atom is -0.459 e. The van der Waals surface area contributed by atoms with E-state index in [4.69, 9.17) is 61.0 Å². The van der Waals surface area contributed by atoms with Crippen LogP contribution in [0.5, 0.6) is 0 Å². The van der Waals surface area contributed by atoms with E-state index >= 15 is 0 Å². The van der Waals surface area contributed by atoms with Crippen molar-refractivity contribution < 1.29 is 85.2 Å². The van der Waals surface area contributed by atoms with Gasteiger partial charge in [0, 0.05) is 85.0 Å². The highest BCUT2D eigenvalue weighted by Crippen LogP contribution is 2.45. The quantitative estimate of drug-likeness (QED) is 0.0236. The Morgan fingerprint density at radius 2 is 0.802 bits per heavy atom. The van der Waals surface area contributed by atoms with Gasteiger partial charge in [-0.25, -0.2) is 19.2 Å². The highest BCUT2D eigenvalue weighted by molar-refractivity contribution is 7.00. The predicted molar refractivity (Wildman–Crippen MR) is 482 cm³/mol. The van der Waals surface area contributed by atoms with Crippen LogP contribution in [0.3, 0.4) is 0 Å². The van der Waals surface area contributed by atoms with Crippen molar-refractivity contribution in [2.45, 2.75) is 253 Å². The molecule has 22 heteroatoms. The molecule has 664 valence electrons. The van der Waals surface area contributed by atoms with Gasteiger partial charge in [-0.15, -0.1) is 0 Å². The molecule has 6 unspecified atom stereocenters. The largest absolute Gasteiger partial charge is 0.459 e. The minimum atomic E-state index is -2.83. The lowest BCUT2D eigenvalue weighted by Crippen LogP contribution is -2.67. The van der Waals surface area contributed by atoms with E-state index in [1.165, 1.54) is 20.7 Å². The van der Waals surface area contributed by atoms with Crippen LogP contribution in [0.2, 0.25) is 10.1 Å². The topological polar surface area (TPSA) is 215 Å². The average molecular weight is 1700 g/mol. The van der Waals surface area contributed by atoms with E-state index in [9.17, 15) is 24.3 Å². The summed E-state index contributed by atoms with van der Waals surface area (Å²) in [6, 6.07) is 61.0. The van der Waals surface area contributed by atoms with Gasteiger partial charge in [-0.3, -0.25) is 0 Å². The Kier molecular flexibility index (Phi) is 34.5.